The van der Waals surface area contributed by atoms with E-state index in [2.05, 4.69) is 5.32 Å². The van der Waals surface area contributed by atoms with Crippen LogP contribution in [-0.2, 0) is 14.3 Å². The monoisotopic (exact) mass is 257 g/mol. The second-order valence-corrected chi connectivity index (χ2v) is 5.65. The Hall–Kier alpha value is -0.610. The molecule has 0 aromatic rings. The molecule has 1 aliphatic rings. The number of hydrogen-bond donors (Lipinski definition) is 1. The number of carbonyl (C=O) groups excluding carboxylic acids is 1. The van der Waals surface area contributed by atoms with E-state index in [-0.39, 0.29) is 12.0 Å². The van der Waals surface area contributed by atoms with E-state index >= 15 is 0 Å². The van der Waals surface area contributed by atoms with Crippen LogP contribution in [0, 0.1) is 0 Å². The molecule has 0 aromatic heterocycles. The number of carbonyl (C=O) groups is 1. The highest BCUT2D eigenvalue weighted by molar-refractivity contribution is 5.80. The lowest BCUT2D eigenvalue weighted by Crippen LogP contribution is -2.53. The van der Waals surface area contributed by atoms with Crippen molar-refractivity contribution in [2.75, 3.05) is 13.7 Å². The first-order chi connectivity index (χ1) is 8.48. The Morgan fingerprint density at radius 1 is 1.44 bits per heavy atom. The normalized spacial score (nSPS) is 19.4. The third-order valence-corrected chi connectivity index (χ3v) is 3.47. The van der Waals surface area contributed by atoms with Crippen molar-refractivity contribution in [3.63, 3.8) is 0 Å². The smallest absolute Gasteiger partial charge is 0.325 e. The molecule has 1 atom stereocenters. The van der Waals surface area contributed by atoms with Crippen LogP contribution in [0.1, 0.15) is 52.9 Å². The van der Waals surface area contributed by atoms with Crippen molar-refractivity contribution in [1.82, 2.24) is 5.32 Å². The van der Waals surface area contributed by atoms with Crippen molar-refractivity contribution < 1.29 is 14.3 Å². The molecule has 0 aliphatic heterocycles. The third kappa shape index (κ3) is 4.58. The fourth-order valence-corrected chi connectivity index (χ4v) is 2.31. The van der Waals surface area contributed by atoms with Gasteiger partial charge in [0.05, 0.1) is 13.2 Å². The van der Waals surface area contributed by atoms with E-state index in [0.717, 1.165) is 19.4 Å². The van der Waals surface area contributed by atoms with Crippen molar-refractivity contribution >= 4 is 5.97 Å². The summed E-state index contributed by atoms with van der Waals surface area (Å²) >= 11 is 0. The summed E-state index contributed by atoms with van der Waals surface area (Å²) in [6.45, 7) is 6.71. The van der Waals surface area contributed by atoms with Crippen LogP contribution < -0.4 is 5.32 Å². The first kappa shape index (κ1) is 15.4. The Bertz CT molecular complexity index is 264. The van der Waals surface area contributed by atoms with E-state index in [0.29, 0.717) is 6.10 Å². The highest BCUT2D eigenvalue weighted by Crippen LogP contribution is 2.23. The third-order valence-electron chi connectivity index (χ3n) is 3.47. The predicted octanol–water partition coefficient (Wildman–Crippen LogP) is 2.27. The zero-order valence-corrected chi connectivity index (χ0v) is 12.1. The van der Waals surface area contributed by atoms with Gasteiger partial charge >= 0.3 is 5.97 Å². The van der Waals surface area contributed by atoms with E-state index < -0.39 is 5.54 Å². The summed E-state index contributed by atoms with van der Waals surface area (Å²) in [5, 5.41) is 3.29. The molecule has 1 aliphatic carbocycles. The quantitative estimate of drug-likeness (QED) is 0.535. The van der Waals surface area contributed by atoms with Crippen LogP contribution in [0.2, 0.25) is 0 Å². The molecule has 1 rings (SSSR count). The number of hydrogen-bond acceptors (Lipinski definition) is 4. The molecule has 1 fully saturated rings. The summed E-state index contributed by atoms with van der Waals surface area (Å²) in [6, 6.07) is 0.252. The molecule has 0 amide bonds. The minimum Gasteiger partial charge on any atom is -0.468 e. The molecule has 1 N–H and O–H groups in total. The molecule has 1 saturated carbocycles. The van der Waals surface area contributed by atoms with E-state index in [1.54, 1.807) is 0 Å². The summed E-state index contributed by atoms with van der Waals surface area (Å²) in [5.74, 6) is -0.195. The van der Waals surface area contributed by atoms with Gasteiger partial charge in [-0.2, -0.15) is 0 Å². The number of ether oxygens (including phenoxy) is 2. The SMILES string of the molecule is COC(=O)C(C)(CCCOC1CCC1)NC(C)C. The van der Waals surface area contributed by atoms with Gasteiger partial charge in [-0.15, -0.1) is 0 Å². The van der Waals surface area contributed by atoms with Crippen molar-refractivity contribution in [1.29, 1.82) is 0 Å². The number of nitrogens with one attached hydrogen (secondary N) is 1. The predicted molar refractivity (Wildman–Crippen MR) is 71.5 cm³/mol. The first-order valence-corrected chi connectivity index (χ1v) is 6.95. The summed E-state index contributed by atoms with van der Waals surface area (Å²) in [4.78, 5) is 11.8. The van der Waals surface area contributed by atoms with E-state index in [9.17, 15) is 4.79 Å². The molecular weight excluding hydrogens is 230 g/mol. The maximum atomic E-state index is 11.8. The number of esters is 1. The largest absolute Gasteiger partial charge is 0.468 e. The Morgan fingerprint density at radius 2 is 2.11 bits per heavy atom. The van der Waals surface area contributed by atoms with Crippen LogP contribution in [0.5, 0.6) is 0 Å². The van der Waals surface area contributed by atoms with Gasteiger partial charge in [-0.1, -0.05) is 0 Å². The molecule has 4 nitrogen and oxygen atoms in total. The summed E-state index contributed by atoms with van der Waals surface area (Å²) < 4.78 is 10.6. The van der Waals surface area contributed by atoms with E-state index in [4.69, 9.17) is 9.47 Å². The molecule has 4 heteroatoms. The van der Waals surface area contributed by atoms with Gasteiger partial charge in [0, 0.05) is 12.6 Å². The number of methoxy groups -OCH3 is 1. The molecule has 18 heavy (non-hydrogen) atoms. The van der Waals surface area contributed by atoms with Gasteiger partial charge in [0.25, 0.3) is 0 Å². The fraction of sp³-hybridized carbons (Fsp3) is 0.929. The summed E-state index contributed by atoms with van der Waals surface area (Å²) in [7, 11) is 1.44. The Balaban J connectivity index is 2.32. The molecule has 0 heterocycles. The van der Waals surface area contributed by atoms with Gasteiger partial charge in [0.2, 0.25) is 0 Å². The van der Waals surface area contributed by atoms with Crippen LogP contribution in [0.4, 0.5) is 0 Å². The average molecular weight is 257 g/mol. The molecule has 0 bridgehead atoms. The van der Waals surface area contributed by atoms with Crippen LogP contribution in [0.25, 0.3) is 0 Å². The van der Waals surface area contributed by atoms with Crippen molar-refractivity contribution in [3.05, 3.63) is 0 Å². The van der Waals surface area contributed by atoms with Crippen LogP contribution in [-0.4, -0.2) is 37.4 Å². The Morgan fingerprint density at radius 3 is 2.56 bits per heavy atom. The van der Waals surface area contributed by atoms with E-state index in [1.807, 2.05) is 20.8 Å². The highest BCUT2D eigenvalue weighted by atomic mass is 16.5. The zero-order chi connectivity index (χ0) is 13.6. The van der Waals surface area contributed by atoms with Crippen LogP contribution in [0.15, 0.2) is 0 Å². The lowest BCUT2D eigenvalue weighted by Gasteiger charge is -2.31. The molecule has 0 aromatic carbocycles. The topological polar surface area (TPSA) is 47.6 Å². The van der Waals surface area contributed by atoms with Crippen molar-refractivity contribution in [3.8, 4) is 0 Å². The lowest BCUT2D eigenvalue weighted by molar-refractivity contribution is -0.148. The van der Waals surface area contributed by atoms with Gasteiger partial charge in [-0.3, -0.25) is 10.1 Å². The van der Waals surface area contributed by atoms with Crippen molar-refractivity contribution in [2.45, 2.75) is 70.6 Å². The van der Waals surface area contributed by atoms with Gasteiger partial charge in [-0.05, 0) is 52.9 Å². The Kier molecular flexibility index (Phi) is 6.09. The van der Waals surface area contributed by atoms with E-state index in [1.165, 1.54) is 26.4 Å². The maximum Gasteiger partial charge on any atom is 0.325 e. The minimum atomic E-state index is -0.605. The Labute approximate surface area is 110 Å². The molecule has 0 saturated heterocycles. The summed E-state index contributed by atoms with van der Waals surface area (Å²) in [6.07, 6.45) is 5.76. The molecule has 1 unspecified atom stereocenters. The average Bonchev–Trinajstić information content (AvgIpc) is 2.24. The molecule has 0 radical (unpaired) electrons. The minimum absolute atomic E-state index is 0.195. The first-order valence-electron chi connectivity index (χ1n) is 6.95. The zero-order valence-electron chi connectivity index (χ0n) is 12.1. The highest BCUT2D eigenvalue weighted by Gasteiger charge is 2.34. The molecule has 0 spiro atoms. The molecule has 106 valence electrons. The van der Waals surface area contributed by atoms with Gasteiger partial charge in [0.15, 0.2) is 0 Å². The van der Waals surface area contributed by atoms with Gasteiger partial charge < -0.3 is 9.47 Å². The summed E-state index contributed by atoms with van der Waals surface area (Å²) in [5.41, 5.74) is -0.605. The van der Waals surface area contributed by atoms with Gasteiger partial charge in [-0.25, -0.2) is 0 Å². The fourth-order valence-electron chi connectivity index (χ4n) is 2.31. The van der Waals surface area contributed by atoms with Crippen LogP contribution in [0.3, 0.4) is 0 Å². The van der Waals surface area contributed by atoms with Gasteiger partial charge in [0.1, 0.15) is 5.54 Å². The standard InChI is InChI=1S/C14H27NO3/c1-11(2)15-14(3,13(16)17-4)9-6-10-18-12-7-5-8-12/h11-12,15H,5-10H2,1-4H3. The second-order valence-electron chi connectivity index (χ2n) is 5.65. The maximum absolute atomic E-state index is 11.8. The number of rotatable bonds is 8. The lowest BCUT2D eigenvalue weighted by atomic mass is 9.94. The van der Waals surface area contributed by atoms with Crippen LogP contribution >= 0.6 is 0 Å². The second kappa shape index (κ2) is 7.10. The molecular formula is C14H27NO3. The van der Waals surface area contributed by atoms with Crippen molar-refractivity contribution in [2.24, 2.45) is 0 Å².